The number of hydrogen-bond donors (Lipinski definition) is 2. The quantitative estimate of drug-likeness (QED) is 0.871. The van der Waals surface area contributed by atoms with Gasteiger partial charge in [0, 0.05) is 49.1 Å². The third kappa shape index (κ3) is 5.15. The van der Waals surface area contributed by atoms with Crippen LogP contribution in [0.5, 0.6) is 0 Å². The summed E-state index contributed by atoms with van der Waals surface area (Å²) in [4.78, 5) is 11.9. The van der Waals surface area contributed by atoms with E-state index in [0.29, 0.717) is 48.9 Å². The molecule has 0 spiro atoms. The highest BCUT2D eigenvalue weighted by Crippen LogP contribution is 2.22. The second kappa shape index (κ2) is 7.45. The van der Waals surface area contributed by atoms with Crippen molar-refractivity contribution >= 4 is 29.1 Å². The second-order valence-electron chi connectivity index (χ2n) is 5.35. The number of hydrogen-bond acceptors (Lipinski definition) is 3. The predicted octanol–water partition coefficient (Wildman–Crippen LogP) is 2.58. The molecule has 0 atom stereocenters. The smallest absolute Gasteiger partial charge is 0.220 e. The lowest BCUT2D eigenvalue weighted by Gasteiger charge is -2.32. The van der Waals surface area contributed by atoms with Crippen LogP contribution in [0.2, 0.25) is 10.0 Å². The average molecular weight is 332 g/mol. The number of nitrogens with one attached hydrogen (secondary N) is 1. The maximum Gasteiger partial charge on any atom is 0.220 e. The number of aliphatic hydroxyl groups is 1. The number of carbonyl (C=O) groups excluding carboxylic acids is 1. The van der Waals surface area contributed by atoms with E-state index >= 15 is 0 Å². The Balaban J connectivity index is 1.77. The maximum atomic E-state index is 11.9. The minimum atomic E-state index is -0.841. The Morgan fingerprint density at radius 3 is 2.71 bits per heavy atom. The van der Waals surface area contributed by atoms with Crippen molar-refractivity contribution in [3.63, 3.8) is 0 Å². The Kier molecular flexibility index (Phi) is 5.88. The molecule has 2 N–H and O–H groups in total. The van der Waals surface area contributed by atoms with Crippen LogP contribution in [0.15, 0.2) is 18.2 Å². The molecule has 1 aliphatic heterocycles. The van der Waals surface area contributed by atoms with Crippen LogP contribution in [0.25, 0.3) is 0 Å². The van der Waals surface area contributed by atoms with Gasteiger partial charge in [-0.2, -0.15) is 0 Å². The van der Waals surface area contributed by atoms with Crippen LogP contribution in [0, 0.1) is 0 Å². The zero-order valence-corrected chi connectivity index (χ0v) is 13.2. The van der Waals surface area contributed by atoms with Gasteiger partial charge in [0.15, 0.2) is 0 Å². The number of aryl methyl sites for hydroxylation is 1. The fourth-order valence-corrected chi connectivity index (χ4v) is 2.76. The monoisotopic (exact) mass is 331 g/mol. The molecular formula is C15H19Cl2NO3. The molecule has 1 aromatic carbocycles. The van der Waals surface area contributed by atoms with E-state index in [4.69, 9.17) is 27.9 Å². The molecule has 1 amide bonds. The van der Waals surface area contributed by atoms with E-state index in [2.05, 4.69) is 5.32 Å². The first kappa shape index (κ1) is 16.6. The minimum absolute atomic E-state index is 0.0964. The van der Waals surface area contributed by atoms with Crippen molar-refractivity contribution < 1.29 is 14.6 Å². The Morgan fingerprint density at radius 2 is 2.05 bits per heavy atom. The summed E-state index contributed by atoms with van der Waals surface area (Å²) in [5.74, 6) is -0.0964. The summed E-state index contributed by atoms with van der Waals surface area (Å²) in [7, 11) is 0. The van der Waals surface area contributed by atoms with Crippen LogP contribution >= 0.6 is 23.2 Å². The highest BCUT2D eigenvalue weighted by molar-refractivity contribution is 6.35. The number of benzene rings is 1. The van der Waals surface area contributed by atoms with Crippen molar-refractivity contribution in [1.82, 2.24) is 5.32 Å². The highest BCUT2D eigenvalue weighted by Gasteiger charge is 2.29. The van der Waals surface area contributed by atoms with Crippen LogP contribution in [0.3, 0.4) is 0 Å². The second-order valence-corrected chi connectivity index (χ2v) is 6.19. The van der Waals surface area contributed by atoms with Crippen LogP contribution in [-0.4, -0.2) is 36.4 Å². The van der Waals surface area contributed by atoms with Gasteiger partial charge in [0.25, 0.3) is 0 Å². The summed E-state index contributed by atoms with van der Waals surface area (Å²) in [6.07, 6.45) is 1.98. The molecule has 6 heteroatoms. The van der Waals surface area contributed by atoms with Gasteiger partial charge in [-0.05, 0) is 24.1 Å². The molecule has 0 saturated carbocycles. The molecule has 0 bridgehead atoms. The standard InChI is InChI=1S/C15H19Cl2NO3/c16-12-3-1-11(13(17)9-12)2-4-14(19)18-10-15(20)5-7-21-8-6-15/h1,3,9,20H,2,4-8,10H2,(H,18,19). The van der Waals surface area contributed by atoms with E-state index in [9.17, 15) is 9.90 Å². The van der Waals surface area contributed by atoms with Crippen molar-refractivity contribution in [2.45, 2.75) is 31.3 Å². The maximum absolute atomic E-state index is 11.9. The number of halogens is 2. The van der Waals surface area contributed by atoms with Gasteiger partial charge >= 0.3 is 0 Å². The van der Waals surface area contributed by atoms with Crippen molar-refractivity contribution in [1.29, 1.82) is 0 Å². The Hall–Kier alpha value is -0.810. The van der Waals surface area contributed by atoms with E-state index in [1.54, 1.807) is 12.1 Å². The van der Waals surface area contributed by atoms with E-state index in [-0.39, 0.29) is 12.5 Å². The van der Waals surface area contributed by atoms with E-state index in [1.165, 1.54) is 0 Å². The summed E-state index contributed by atoms with van der Waals surface area (Å²) in [5, 5.41) is 14.2. The number of amides is 1. The van der Waals surface area contributed by atoms with Gasteiger partial charge in [0.2, 0.25) is 5.91 Å². The highest BCUT2D eigenvalue weighted by atomic mass is 35.5. The molecule has 0 unspecified atom stereocenters. The molecule has 0 aromatic heterocycles. The van der Waals surface area contributed by atoms with E-state index < -0.39 is 5.60 Å². The van der Waals surface area contributed by atoms with E-state index in [0.717, 1.165) is 5.56 Å². The molecule has 0 aliphatic carbocycles. The van der Waals surface area contributed by atoms with Gasteiger partial charge in [-0.1, -0.05) is 29.3 Å². The molecular weight excluding hydrogens is 313 g/mol. The largest absolute Gasteiger partial charge is 0.388 e. The summed E-state index contributed by atoms with van der Waals surface area (Å²) in [6.45, 7) is 1.34. The molecule has 1 heterocycles. The molecule has 21 heavy (non-hydrogen) atoms. The van der Waals surface area contributed by atoms with Crippen LogP contribution in [0.1, 0.15) is 24.8 Å². The average Bonchev–Trinajstić information content (AvgIpc) is 2.45. The van der Waals surface area contributed by atoms with Gasteiger partial charge in [0.1, 0.15) is 0 Å². The summed E-state index contributed by atoms with van der Waals surface area (Å²) >= 11 is 11.9. The van der Waals surface area contributed by atoms with Crippen LogP contribution in [-0.2, 0) is 16.0 Å². The summed E-state index contributed by atoms with van der Waals surface area (Å²) in [5.41, 5.74) is 0.0484. The summed E-state index contributed by atoms with van der Waals surface area (Å²) < 4.78 is 5.20. The first-order valence-corrected chi connectivity index (χ1v) is 7.75. The van der Waals surface area contributed by atoms with E-state index in [1.807, 2.05) is 6.07 Å². The van der Waals surface area contributed by atoms with Crippen LogP contribution < -0.4 is 5.32 Å². The summed E-state index contributed by atoms with van der Waals surface area (Å²) in [6, 6.07) is 5.25. The zero-order valence-electron chi connectivity index (χ0n) is 11.7. The first-order chi connectivity index (χ1) is 9.98. The van der Waals surface area contributed by atoms with Crippen LogP contribution in [0.4, 0.5) is 0 Å². The molecule has 2 rings (SSSR count). The molecule has 1 aliphatic rings. The Bertz CT molecular complexity index is 502. The van der Waals surface area contributed by atoms with Gasteiger partial charge in [-0.25, -0.2) is 0 Å². The first-order valence-electron chi connectivity index (χ1n) is 6.99. The molecule has 116 valence electrons. The molecule has 1 aromatic rings. The molecule has 0 radical (unpaired) electrons. The lowest BCUT2D eigenvalue weighted by Crippen LogP contribution is -2.46. The lowest BCUT2D eigenvalue weighted by molar-refractivity contribution is -0.123. The van der Waals surface area contributed by atoms with Gasteiger partial charge < -0.3 is 15.2 Å². The predicted molar refractivity (Wildman–Crippen MR) is 82.8 cm³/mol. The lowest BCUT2D eigenvalue weighted by atomic mass is 9.94. The fraction of sp³-hybridized carbons (Fsp3) is 0.533. The van der Waals surface area contributed by atoms with Gasteiger partial charge in [-0.15, -0.1) is 0 Å². The zero-order chi connectivity index (χ0) is 15.3. The third-order valence-electron chi connectivity index (χ3n) is 3.67. The number of rotatable bonds is 5. The molecule has 1 saturated heterocycles. The minimum Gasteiger partial charge on any atom is -0.388 e. The van der Waals surface area contributed by atoms with Crippen molar-refractivity contribution in [2.24, 2.45) is 0 Å². The fourth-order valence-electron chi connectivity index (χ4n) is 2.25. The Morgan fingerprint density at radius 1 is 1.33 bits per heavy atom. The molecule has 4 nitrogen and oxygen atoms in total. The molecule has 1 fully saturated rings. The number of carbonyl (C=O) groups is 1. The van der Waals surface area contributed by atoms with Crippen molar-refractivity contribution in [3.05, 3.63) is 33.8 Å². The van der Waals surface area contributed by atoms with Gasteiger partial charge in [0.05, 0.1) is 5.60 Å². The normalized spacial score (nSPS) is 17.5. The third-order valence-corrected chi connectivity index (χ3v) is 4.26. The van der Waals surface area contributed by atoms with Gasteiger partial charge in [-0.3, -0.25) is 4.79 Å². The Labute approximate surface area is 134 Å². The van der Waals surface area contributed by atoms with Crippen molar-refractivity contribution in [2.75, 3.05) is 19.8 Å². The number of ether oxygens (including phenoxy) is 1. The van der Waals surface area contributed by atoms with Crippen molar-refractivity contribution in [3.8, 4) is 0 Å². The topological polar surface area (TPSA) is 58.6 Å². The SMILES string of the molecule is O=C(CCc1ccc(Cl)cc1Cl)NCC1(O)CCOCC1.